The highest BCUT2D eigenvalue weighted by atomic mass is 32.2. The Balaban J connectivity index is 4.14. The van der Waals surface area contributed by atoms with Gasteiger partial charge in [0.1, 0.15) is 0 Å². The number of hydrogen-bond donors (Lipinski definition) is 2. The second-order valence-corrected chi connectivity index (χ2v) is 5.40. The maximum atomic E-state index is 11.3. The first kappa shape index (κ1) is 14.4. The molecule has 0 fully saturated rings. The summed E-state index contributed by atoms with van der Waals surface area (Å²) < 4.78 is 24.5. The number of carbonyl (C=O) groups is 1. The Morgan fingerprint density at radius 2 is 2.00 bits per heavy atom. The topological polar surface area (TPSA) is 89.3 Å². The van der Waals surface area contributed by atoms with E-state index >= 15 is 0 Å². The maximum Gasteiger partial charge on any atom is 0.234 e. The van der Waals surface area contributed by atoms with Crippen LogP contribution < -0.4 is 10.5 Å². The van der Waals surface area contributed by atoms with E-state index in [4.69, 9.17) is 5.73 Å². The number of amides is 1. The fourth-order valence-corrected chi connectivity index (χ4v) is 2.26. The summed E-state index contributed by atoms with van der Waals surface area (Å²) in [7, 11) is -3.43. The number of nitrogens with two attached hydrogens (primary N) is 1. The number of rotatable bonds is 7. The van der Waals surface area contributed by atoms with Crippen LogP contribution in [0.3, 0.4) is 0 Å². The van der Waals surface area contributed by atoms with Crippen molar-refractivity contribution in [2.45, 2.75) is 33.1 Å². The van der Waals surface area contributed by atoms with Gasteiger partial charge in [0.05, 0.1) is 5.75 Å². The minimum absolute atomic E-state index is 0.0157. The van der Waals surface area contributed by atoms with E-state index in [1.807, 2.05) is 11.6 Å². The van der Waals surface area contributed by atoms with Crippen LogP contribution in [0.2, 0.25) is 0 Å². The van der Waals surface area contributed by atoms with Gasteiger partial charge in [-0.2, -0.15) is 0 Å². The van der Waals surface area contributed by atoms with Crippen molar-refractivity contribution in [1.29, 1.82) is 0 Å². The van der Waals surface area contributed by atoms with E-state index in [1.165, 1.54) is 0 Å². The molecule has 0 aliphatic heterocycles. The molecule has 0 saturated heterocycles. The molecule has 0 heterocycles. The summed E-state index contributed by atoms with van der Waals surface area (Å²) in [6.45, 7) is 4.07. The molecule has 90 valence electrons. The molecule has 0 radical (unpaired) electrons. The molecule has 0 aromatic heterocycles. The minimum Gasteiger partial charge on any atom is -0.330 e. The molecule has 1 unspecified atom stereocenters. The van der Waals surface area contributed by atoms with Gasteiger partial charge in [0.15, 0.2) is 0 Å². The van der Waals surface area contributed by atoms with E-state index < -0.39 is 15.9 Å². The molecular formula is C9H20N2O3S. The number of hydrogen-bond acceptors (Lipinski definition) is 4. The molecule has 0 saturated carbocycles. The quantitative estimate of drug-likeness (QED) is 0.661. The van der Waals surface area contributed by atoms with Crippen LogP contribution in [0, 0.1) is 5.92 Å². The normalized spacial score (nSPS) is 13.5. The van der Waals surface area contributed by atoms with Crippen molar-refractivity contribution in [3.05, 3.63) is 0 Å². The summed E-state index contributed by atoms with van der Waals surface area (Å²) in [5.41, 5.74) is 5.42. The van der Waals surface area contributed by atoms with Gasteiger partial charge in [-0.15, -0.1) is 0 Å². The molecule has 3 N–H and O–H groups in total. The predicted octanol–water partition coefficient (Wildman–Crippen LogP) is 0.217. The maximum absolute atomic E-state index is 11.3. The largest absolute Gasteiger partial charge is 0.330 e. The van der Waals surface area contributed by atoms with Crippen molar-refractivity contribution in [2.75, 3.05) is 12.3 Å². The third kappa shape index (κ3) is 6.46. The van der Waals surface area contributed by atoms with E-state index in [1.54, 1.807) is 6.92 Å². The van der Waals surface area contributed by atoms with Crippen molar-refractivity contribution < 1.29 is 13.2 Å². The monoisotopic (exact) mass is 236 g/mol. The molecule has 0 aliphatic rings. The van der Waals surface area contributed by atoms with Gasteiger partial charge in [-0.25, -0.2) is 8.42 Å². The molecule has 5 nitrogen and oxygen atoms in total. The van der Waals surface area contributed by atoms with Crippen molar-refractivity contribution in [3.63, 3.8) is 0 Å². The van der Waals surface area contributed by atoms with E-state index in [9.17, 15) is 13.2 Å². The highest BCUT2D eigenvalue weighted by Crippen LogP contribution is 2.05. The molecule has 0 aromatic carbocycles. The van der Waals surface area contributed by atoms with Gasteiger partial charge >= 0.3 is 0 Å². The fourth-order valence-electron chi connectivity index (χ4n) is 1.19. The average Bonchev–Trinajstić information content (AvgIpc) is 2.13. The lowest BCUT2D eigenvalue weighted by Crippen LogP contribution is -2.34. The zero-order chi connectivity index (χ0) is 11.9. The molecule has 0 bridgehead atoms. The first-order chi connectivity index (χ1) is 6.95. The van der Waals surface area contributed by atoms with Crippen molar-refractivity contribution >= 4 is 15.9 Å². The average molecular weight is 236 g/mol. The lowest BCUT2D eigenvalue weighted by atomic mass is 10.0. The third-order valence-corrected chi connectivity index (χ3v) is 3.61. The Labute approximate surface area is 91.5 Å². The van der Waals surface area contributed by atoms with Crippen LogP contribution in [0.5, 0.6) is 0 Å². The van der Waals surface area contributed by atoms with Gasteiger partial charge in [-0.05, 0) is 18.9 Å². The molecule has 0 aliphatic carbocycles. The van der Waals surface area contributed by atoms with E-state index in [-0.39, 0.29) is 18.1 Å². The summed E-state index contributed by atoms with van der Waals surface area (Å²) in [5.74, 6) is -0.416. The second-order valence-electron chi connectivity index (χ2n) is 3.56. The summed E-state index contributed by atoms with van der Waals surface area (Å²) in [5, 5.41) is 0. The standard InChI is InChI=1S/C9H20N2O3S/c1-3-5-15(13,14)11-9(12)6-8(4-2)7-10/h8H,3-7,10H2,1-2H3,(H,11,12). The summed E-state index contributed by atoms with van der Waals surface area (Å²) >= 11 is 0. The van der Waals surface area contributed by atoms with Gasteiger partial charge in [0.25, 0.3) is 0 Å². The highest BCUT2D eigenvalue weighted by Gasteiger charge is 2.16. The van der Waals surface area contributed by atoms with Crippen LogP contribution in [0.1, 0.15) is 33.1 Å². The zero-order valence-electron chi connectivity index (χ0n) is 9.32. The van der Waals surface area contributed by atoms with Gasteiger partial charge in [0.2, 0.25) is 15.9 Å². The first-order valence-electron chi connectivity index (χ1n) is 5.18. The van der Waals surface area contributed by atoms with E-state index in [0.29, 0.717) is 13.0 Å². The molecule has 1 atom stereocenters. The first-order valence-corrected chi connectivity index (χ1v) is 6.83. The lowest BCUT2D eigenvalue weighted by molar-refractivity contribution is -0.120. The SMILES string of the molecule is CCCS(=O)(=O)NC(=O)CC(CC)CN. The Kier molecular flexibility index (Phi) is 6.51. The van der Waals surface area contributed by atoms with Crippen molar-refractivity contribution in [3.8, 4) is 0 Å². The van der Waals surface area contributed by atoms with E-state index in [0.717, 1.165) is 6.42 Å². The van der Waals surface area contributed by atoms with Crippen LogP contribution in [0.15, 0.2) is 0 Å². The second kappa shape index (κ2) is 6.79. The van der Waals surface area contributed by atoms with Crippen LogP contribution in [-0.2, 0) is 14.8 Å². The number of nitrogens with one attached hydrogen (secondary N) is 1. The van der Waals surface area contributed by atoms with Crippen LogP contribution >= 0.6 is 0 Å². The Hall–Kier alpha value is -0.620. The predicted molar refractivity (Wildman–Crippen MR) is 59.7 cm³/mol. The van der Waals surface area contributed by atoms with Gasteiger partial charge in [-0.1, -0.05) is 20.3 Å². The Morgan fingerprint density at radius 1 is 1.40 bits per heavy atom. The zero-order valence-corrected chi connectivity index (χ0v) is 10.1. The van der Waals surface area contributed by atoms with Gasteiger partial charge in [0, 0.05) is 6.42 Å². The Morgan fingerprint density at radius 3 is 2.40 bits per heavy atom. The molecule has 1 amide bonds. The molecule has 0 aromatic rings. The van der Waals surface area contributed by atoms with Gasteiger partial charge in [-0.3, -0.25) is 9.52 Å². The van der Waals surface area contributed by atoms with Crippen molar-refractivity contribution in [2.24, 2.45) is 11.7 Å². The molecular weight excluding hydrogens is 216 g/mol. The summed E-state index contributed by atoms with van der Waals surface area (Å²) in [4.78, 5) is 11.3. The highest BCUT2D eigenvalue weighted by molar-refractivity contribution is 7.90. The van der Waals surface area contributed by atoms with Crippen molar-refractivity contribution in [1.82, 2.24) is 4.72 Å². The smallest absolute Gasteiger partial charge is 0.234 e. The number of carbonyl (C=O) groups excluding carboxylic acids is 1. The van der Waals surface area contributed by atoms with Crippen LogP contribution in [0.25, 0.3) is 0 Å². The molecule has 15 heavy (non-hydrogen) atoms. The Bertz CT molecular complexity index is 284. The molecule has 0 spiro atoms. The number of sulfonamides is 1. The molecule has 6 heteroatoms. The van der Waals surface area contributed by atoms with Gasteiger partial charge < -0.3 is 5.73 Å². The summed E-state index contributed by atoms with van der Waals surface area (Å²) in [6, 6.07) is 0. The van der Waals surface area contributed by atoms with Crippen LogP contribution in [-0.4, -0.2) is 26.6 Å². The summed E-state index contributed by atoms with van der Waals surface area (Å²) in [6.07, 6.45) is 1.45. The molecule has 0 rings (SSSR count). The van der Waals surface area contributed by atoms with E-state index in [2.05, 4.69) is 0 Å². The lowest BCUT2D eigenvalue weighted by Gasteiger charge is -2.11. The minimum atomic E-state index is -3.43. The van der Waals surface area contributed by atoms with Crippen LogP contribution in [0.4, 0.5) is 0 Å². The fraction of sp³-hybridized carbons (Fsp3) is 0.889. The third-order valence-electron chi connectivity index (χ3n) is 2.13.